The van der Waals surface area contributed by atoms with E-state index >= 15 is 0 Å². The molecule has 0 spiro atoms. The van der Waals surface area contributed by atoms with Crippen LogP contribution in [-0.4, -0.2) is 27.1 Å². The summed E-state index contributed by atoms with van der Waals surface area (Å²) in [6, 6.07) is 6.10. The first kappa shape index (κ1) is 10.0. The van der Waals surface area contributed by atoms with Crippen molar-refractivity contribution >= 4 is 15.8 Å². The van der Waals surface area contributed by atoms with E-state index in [9.17, 15) is 8.42 Å². The van der Waals surface area contributed by atoms with Gasteiger partial charge in [0.25, 0.3) is 10.1 Å². The maximum atomic E-state index is 10.7. The van der Waals surface area contributed by atoms with Gasteiger partial charge in [0.1, 0.15) is 0 Å². The molecule has 0 aliphatic rings. The molecule has 1 aromatic rings. The highest BCUT2D eigenvalue weighted by Gasteiger charge is 2.09. The van der Waals surface area contributed by atoms with Crippen molar-refractivity contribution < 1.29 is 13.0 Å². The first-order chi connectivity index (χ1) is 5.91. The van der Waals surface area contributed by atoms with Crippen molar-refractivity contribution in [1.29, 1.82) is 0 Å². The highest BCUT2D eigenvalue weighted by atomic mass is 32.2. The molecule has 0 saturated carbocycles. The van der Waals surface area contributed by atoms with E-state index in [1.165, 1.54) is 12.1 Å². The highest BCUT2D eigenvalue weighted by Crippen LogP contribution is 2.16. The summed E-state index contributed by atoms with van der Waals surface area (Å²) >= 11 is 0. The first-order valence-electron chi connectivity index (χ1n) is 3.66. The average molecular weight is 201 g/mol. The van der Waals surface area contributed by atoms with Crippen LogP contribution in [0.4, 0.5) is 5.69 Å². The Kier molecular flexibility index (Phi) is 2.58. The van der Waals surface area contributed by atoms with Crippen molar-refractivity contribution in [2.24, 2.45) is 0 Å². The third kappa shape index (κ3) is 2.43. The van der Waals surface area contributed by atoms with Crippen LogP contribution in [0.1, 0.15) is 0 Å². The molecule has 1 N–H and O–H groups in total. The third-order valence-corrected chi connectivity index (χ3v) is 2.48. The summed E-state index contributed by atoms with van der Waals surface area (Å²) in [5.74, 6) is 0. The topological polar surface area (TPSA) is 57.6 Å². The van der Waals surface area contributed by atoms with Gasteiger partial charge in [-0.1, -0.05) is 6.07 Å². The van der Waals surface area contributed by atoms with E-state index in [0.717, 1.165) is 5.69 Å². The summed E-state index contributed by atoms with van der Waals surface area (Å²) in [6.07, 6.45) is 0. The second kappa shape index (κ2) is 3.35. The number of rotatable bonds is 2. The van der Waals surface area contributed by atoms with E-state index in [2.05, 4.69) is 0 Å². The van der Waals surface area contributed by atoms with E-state index in [4.69, 9.17) is 4.55 Å². The second-order valence-electron chi connectivity index (χ2n) is 2.87. The van der Waals surface area contributed by atoms with Crippen LogP contribution in [-0.2, 0) is 10.1 Å². The van der Waals surface area contributed by atoms with Gasteiger partial charge in [-0.15, -0.1) is 0 Å². The molecule has 1 aromatic carbocycles. The zero-order valence-electron chi connectivity index (χ0n) is 7.43. The van der Waals surface area contributed by atoms with Crippen LogP contribution in [0.2, 0.25) is 0 Å². The molecule has 0 aliphatic carbocycles. The van der Waals surface area contributed by atoms with Gasteiger partial charge >= 0.3 is 0 Å². The highest BCUT2D eigenvalue weighted by molar-refractivity contribution is 7.85. The van der Waals surface area contributed by atoms with Crippen molar-refractivity contribution in [3.05, 3.63) is 24.3 Å². The zero-order valence-corrected chi connectivity index (χ0v) is 8.25. The summed E-state index contributed by atoms with van der Waals surface area (Å²) in [5, 5.41) is 0. The van der Waals surface area contributed by atoms with Crippen molar-refractivity contribution in [3.8, 4) is 0 Å². The summed E-state index contributed by atoms with van der Waals surface area (Å²) in [6.45, 7) is 0. The molecule has 0 radical (unpaired) electrons. The van der Waals surface area contributed by atoms with Gasteiger partial charge in [0.05, 0.1) is 4.90 Å². The van der Waals surface area contributed by atoms with Crippen LogP contribution < -0.4 is 4.90 Å². The molecule has 0 fully saturated rings. The molecule has 0 aromatic heterocycles. The Balaban J connectivity index is 3.21. The maximum Gasteiger partial charge on any atom is 0.294 e. The van der Waals surface area contributed by atoms with Crippen molar-refractivity contribution in [1.82, 2.24) is 0 Å². The number of hydrogen-bond donors (Lipinski definition) is 1. The minimum absolute atomic E-state index is 0.0845. The predicted molar refractivity (Wildman–Crippen MR) is 50.6 cm³/mol. The Morgan fingerprint density at radius 1 is 1.31 bits per heavy atom. The zero-order chi connectivity index (χ0) is 10.1. The van der Waals surface area contributed by atoms with E-state index in [1.54, 1.807) is 31.1 Å². The van der Waals surface area contributed by atoms with Gasteiger partial charge in [0.15, 0.2) is 0 Å². The van der Waals surface area contributed by atoms with Crippen LogP contribution in [0.3, 0.4) is 0 Å². The molecule has 0 unspecified atom stereocenters. The molecule has 0 heterocycles. The molecule has 5 heteroatoms. The Hall–Kier alpha value is -1.07. The van der Waals surface area contributed by atoms with Crippen LogP contribution in [0, 0.1) is 0 Å². The summed E-state index contributed by atoms with van der Waals surface area (Å²) in [5.41, 5.74) is 0.732. The summed E-state index contributed by atoms with van der Waals surface area (Å²) in [7, 11) is -0.496. The molecule has 4 nitrogen and oxygen atoms in total. The number of anilines is 1. The SMILES string of the molecule is CN(C)c1cccc(S(=O)(=O)O)c1. The van der Waals surface area contributed by atoms with Gasteiger partial charge in [-0.3, -0.25) is 4.55 Å². The Morgan fingerprint density at radius 3 is 2.38 bits per heavy atom. The molecule has 1 rings (SSSR count). The van der Waals surface area contributed by atoms with Crippen molar-refractivity contribution in [2.75, 3.05) is 19.0 Å². The van der Waals surface area contributed by atoms with Crippen LogP contribution in [0.25, 0.3) is 0 Å². The lowest BCUT2D eigenvalue weighted by molar-refractivity contribution is 0.483. The number of nitrogens with zero attached hydrogens (tertiary/aromatic N) is 1. The van der Waals surface area contributed by atoms with Gasteiger partial charge in [0.2, 0.25) is 0 Å². The molecule has 0 saturated heterocycles. The fraction of sp³-hybridized carbons (Fsp3) is 0.250. The molecule has 0 aliphatic heterocycles. The quantitative estimate of drug-likeness (QED) is 0.725. The molecular weight excluding hydrogens is 190 g/mol. The largest absolute Gasteiger partial charge is 0.378 e. The molecule has 72 valence electrons. The average Bonchev–Trinajstić information content (AvgIpc) is 2.03. The lowest BCUT2D eigenvalue weighted by Gasteiger charge is -2.12. The molecule has 0 atom stereocenters. The summed E-state index contributed by atoms with van der Waals surface area (Å²) in [4.78, 5) is 1.67. The monoisotopic (exact) mass is 201 g/mol. The van der Waals surface area contributed by atoms with E-state index in [1.807, 2.05) is 0 Å². The fourth-order valence-electron chi connectivity index (χ4n) is 0.922. The second-order valence-corrected chi connectivity index (χ2v) is 4.29. The maximum absolute atomic E-state index is 10.7. The smallest absolute Gasteiger partial charge is 0.294 e. The predicted octanol–water partition coefficient (Wildman–Crippen LogP) is 0.999. The Bertz CT molecular complexity index is 398. The molecular formula is C8H11NO3S. The van der Waals surface area contributed by atoms with Crippen molar-refractivity contribution in [2.45, 2.75) is 4.90 Å². The Morgan fingerprint density at radius 2 is 1.92 bits per heavy atom. The lowest BCUT2D eigenvalue weighted by atomic mass is 10.3. The van der Waals surface area contributed by atoms with E-state index in [0.29, 0.717) is 0 Å². The standard InChI is InChI=1S/C8H11NO3S/c1-9(2)7-4-3-5-8(6-7)13(10,11)12/h3-6H,1-2H3,(H,10,11,12). The summed E-state index contributed by atoms with van der Waals surface area (Å²) < 4.78 is 30.2. The van der Waals surface area contributed by atoms with Gasteiger partial charge in [0, 0.05) is 19.8 Å². The molecule has 13 heavy (non-hydrogen) atoms. The van der Waals surface area contributed by atoms with Crippen LogP contribution in [0.15, 0.2) is 29.2 Å². The van der Waals surface area contributed by atoms with E-state index < -0.39 is 10.1 Å². The van der Waals surface area contributed by atoms with Gasteiger partial charge in [-0.2, -0.15) is 8.42 Å². The van der Waals surface area contributed by atoms with Gasteiger partial charge in [-0.05, 0) is 18.2 Å². The molecule has 0 amide bonds. The van der Waals surface area contributed by atoms with Crippen LogP contribution in [0.5, 0.6) is 0 Å². The minimum Gasteiger partial charge on any atom is -0.378 e. The number of hydrogen-bond acceptors (Lipinski definition) is 3. The Labute approximate surface area is 77.5 Å². The lowest BCUT2D eigenvalue weighted by Crippen LogP contribution is -2.09. The van der Waals surface area contributed by atoms with Gasteiger partial charge < -0.3 is 4.90 Å². The van der Waals surface area contributed by atoms with Crippen molar-refractivity contribution in [3.63, 3.8) is 0 Å². The van der Waals surface area contributed by atoms with Crippen LogP contribution >= 0.6 is 0 Å². The third-order valence-electron chi connectivity index (χ3n) is 1.63. The van der Waals surface area contributed by atoms with Gasteiger partial charge in [-0.25, -0.2) is 0 Å². The number of benzene rings is 1. The minimum atomic E-state index is -4.09. The first-order valence-corrected chi connectivity index (χ1v) is 5.10. The fourth-order valence-corrected chi connectivity index (χ4v) is 1.44. The normalized spacial score (nSPS) is 11.3. The molecule has 0 bridgehead atoms. The van der Waals surface area contributed by atoms with E-state index in [-0.39, 0.29) is 4.90 Å².